The van der Waals surface area contributed by atoms with Gasteiger partial charge in [-0.1, -0.05) is 23.4 Å². The van der Waals surface area contributed by atoms with E-state index in [0.29, 0.717) is 38.0 Å². The van der Waals surface area contributed by atoms with Crippen LogP contribution in [0.5, 0.6) is 0 Å². The third-order valence-electron chi connectivity index (χ3n) is 5.29. The Hall–Kier alpha value is -2.41. The smallest absolute Gasteiger partial charge is 0.321 e. The lowest BCUT2D eigenvalue weighted by molar-refractivity contribution is 0.00959. The molecule has 25 heavy (non-hydrogen) atoms. The van der Waals surface area contributed by atoms with E-state index in [2.05, 4.69) is 15.5 Å². The SMILES string of the molecule is Cc1noc(C2CN(C(=O)Nc3ccccc3)CC23CCOCC3)n1. The molecule has 2 saturated heterocycles. The maximum absolute atomic E-state index is 12.7. The van der Waals surface area contributed by atoms with Crippen molar-refractivity contribution in [3.05, 3.63) is 42.0 Å². The fourth-order valence-electron chi connectivity index (χ4n) is 3.93. The van der Waals surface area contributed by atoms with Crippen molar-refractivity contribution in [3.8, 4) is 0 Å². The molecule has 1 spiro atoms. The lowest BCUT2D eigenvalue weighted by Crippen LogP contribution is -2.38. The first-order chi connectivity index (χ1) is 12.2. The molecule has 4 rings (SSSR count). The van der Waals surface area contributed by atoms with Gasteiger partial charge < -0.3 is 19.5 Å². The highest BCUT2D eigenvalue weighted by Crippen LogP contribution is 2.49. The van der Waals surface area contributed by atoms with Crippen LogP contribution in [0.4, 0.5) is 10.5 Å². The van der Waals surface area contributed by atoms with Crippen LogP contribution in [0.15, 0.2) is 34.9 Å². The predicted molar refractivity (Wildman–Crippen MR) is 91.3 cm³/mol. The van der Waals surface area contributed by atoms with Crippen LogP contribution in [-0.4, -0.2) is 47.4 Å². The monoisotopic (exact) mass is 342 g/mol. The van der Waals surface area contributed by atoms with Gasteiger partial charge in [0, 0.05) is 37.4 Å². The summed E-state index contributed by atoms with van der Waals surface area (Å²) in [4.78, 5) is 19.0. The number of anilines is 1. The molecule has 2 fully saturated rings. The van der Waals surface area contributed by atoms with Gasteiger partial charge in [0.1, 0.15) is 0 Å². The first-order valence-electron chi connectivity index (χ1n) is 8.65. The van der Waals surface area contributed by atoms with E-state index in [1.54, 1.807) is 0 Å². The Morgan fingerprint density at radius 2 is 2.04 bits per heavy atom. The van der Waals surface area contributed by atoms with E-state index in [4.69, 9.17) is 9.26 Å². The summed E-state index contributed by atoms with van der Waals surface area (Å²) in [5.41, 5.74) is 0.747. The Kier molecular flexibility index (Phi) is 4.17. The average molecular weight is 342 g/mol. The summed E-state index contributed by atoms with van der Waals surface area (Å²) in [5, 5.41) is 6.91. The van der Waals surface area contributed by atoms with Gasteiger partial charge in [0.15, 0.2) is 5.82 Å². The summed E-state index contributed by atoms with van der Waals surface area (Å²) < 4.78 is 11.0. The summed E-state index contributed by atoms with van der Waals surface area (Å²) in [6.07, 6.45) is 1.79. The van der Waals surface area contributed by atoms with Gasteiger partial charge in [0.05, 0.1) is 5.92 Å². The molecule has 132 valence electrons. The lowest BCUT2D eigenvalue weighted by atomic mass is 9.72. The Bertz CT molecular complexity index is 740. The Balaban J connectivity index is 1.56. The molecule has 0 aliphatic carbocycles. The van der Waals surface area contributed by atoms with Crippen LogP contribution in [0.2, 0.25) is 0 Å². The second kappa shape index (κ2) is 6.48. The van der Waals surface area contributed by atoms with Crippen molar-refractivity contribution in [1.82, 2.24) is 15.0 Å². The van der Waals surface area contributed by atoms with E-state index in [1.807, 2.05) is 42.2 Å². The standard InChI is InChI=1S/C18H22N4O3/c1-13-19-16(25-21-13)15-11-22(12-18(15)7-9-24-10-8-18)17(23)20-14-5-3-2-4-6-14/h2-6,15H,7-12H2,1H3,(H,20,23). The average Bonchev–Trinajstić information content (AvgIpc) is 3.20. The van der Waals surface area contributed by atoms with Gasteiger partial charge in [-0.2, -0.15) is 4.98 Å². The van der Waals surface area contributed by atoms with Crippen molar-refractivity contribution >= 4 is 11.7 Å². The second-order valence-electron chi connectivity index (χ2n) is 6.88. The summed E-state index contributed by atoms with van der Waals surface area (Å²) in [5.74, 6) is 1.32. The van der Waals surface area contributed by atoms with E-state index < -0.39 is 0 Å². The number of hydrogen-bond acceptors (Lipinski definition) is 5. The van der Waals surface area contributed by atoms with Gasteiger partial charge in [0.2, 0.25) is 5.89 Å². The van der Waals surface area contributed by atoms with Crippen LogP contribution in [0.3, 0.4) is 0 Å². The number of aryl methyl sites for hydroxylation is 1. The van der Waals surface area contributed by atoms with Crippen LogP contribution in [0.25, 0.3) is 0 Å². The Labute approximate surface area is 146 Å². The molecule has 2 aliphatic rings. The van der Waals surface area contributed by atoms with Gasteiger partial charge >= 0.3 is 6.03 Å². The minimum atomic E-state index is -0.0872. The molecular formula is C18H22N4O3. The zero-order valence-electron chi connectivity index (χ0n) is 14.3. The quantitative estimate of drug-likeness (QED) is 0.908. The number of likely N-dealkylation sites (tertiary alicyclic amines) is 1. The molecule has 2 aliphatic heterocycles. The number of nitrogens with one attached hydrogen (secondary N) is 1. The maximum atomic E-state index is 12.7. The molecular weight excluding hydrogens is 320 g/mol. The summed E-state index contributed by atoms with van der Waals surface area (Å²) in [7, 11) is 0. The number of para-hydroxylation sites is 1. The van der Waals surface area contributed by atoms with Gasteiger partial charge in [-0.15, -0.1) is 0 Å². The number of carbonyl (C=O) groups is 1. The van der Waals surface area contributed by atoms with E-state index >= 15 is 0 Å². The Morgan fingerprint density at radius 3 is 2.72 bits per heavy atom. The normalized spacial score (nSPS) is 22.3. The molecule has 1 N–H and O–H groups in total. The zero-order chi connectivity index (χ0) is 17.3. The summed E-state index contributed by atoms with van der Waals surface area (Å²) in [6.45, 7) is 4.50. The molecule has 1 aromatic heterocycles. The van der Waals surface area contributed by atoms with Gasteiger partial charge in [-0.05, 0) is 31.9 Å². The number of amides is 2. The largest absolute Gasteiger partial charge is 0.381 e. The van der Waals surface area contributed by atoms with Crippen LogP contribution in [0.1, 0.15) is 30.5 Å². The number of carbonyl (C=O) groups excluding carboxylic acids is 1. The van der Waals surface area contributed by atoms with Crippen molar-refractivity contribution in [2.45, 2.75) is 25.7 Å². The molecule has 0 saturated carbocycles. The van der Waals surface area contributed by atoms with E-state index in [0.717, 1.165) is 18.5 Å². The highest BCUT2D eigenvalue weighted by Gasteiger charge is 2.51. The molecule has 7 heteroatoms. The molecule has 1 unspecified atom stereocenters. The van der Waals surface area contributed by atoms with Gasteiger partial charge in [-0.3, -0.25) is 0 Å². The molecule has 7 nitrogen and oxygen atoms in total. The summed E-state index contributed by atoms with van der Waals surface area (Å²) in [6, 6.07) is 9.42. The topological polar surface area (TPSA) is 80.5 Å². The number of aromatic nitrogens is 2. The molecule has 0 bridgehead atoms. The highest BCUT2D eigenvalue weighted by molar-refractivity contribution is 5.89. The third-order valence-corrected chi connectivity index (χ3v) is 5.29. The van der Waals surface area contributed by atoms with Gasteiger partial charge in [-0.25, -0.2) is 4.79 Å². The third kappa shape index (κ3) is 3.11. The van der Waals surface area contributed by atoms with Crippen LogP contribution >= 0.6 is 0 Å². The lowest BCUT2D eigenvalue weighted by Gasteiger charge is -2.36. The number of rotatable bonds is 2. The van der Waals surface area contributed by atoms with E-state index in [9.17, 15) is 4.79 Å². The zero-order valence-corrected chi connectivity index (χ0v) is 14.3. The fraction of sp³-hybridized carbons (Fsp3) is 0.500. The number of nitrogens with zero attached hydrogens (tertiary/aromatic N) is 3. The minimum absolute atomic E-state index is 0.0503. The molecule has 1 atom stereocenters. The predicted octanol–water partition coefficient (Wildman–Crippen LogP) is 2.81. The number of benzene rings is 1. The van der Waals surface area contributed by atoms with Gasteiger partial charge in [0.25, 0.3) is 0 Å². The fourth-order valence-corrected chi connectivity index (χ4v) is 3.93. The van der Waals surface area contributed by atoms with Crippen LogP contribution in [-0.2, 0) is 4.74 Å². The summed E-state index contributed by atoms with van der Waals surface area (Å²) >= 11 is 0. The first kappa shape index (κ1) is 16.1. The first-order valence-corrected chi connectivity index (χ1v) is 8.65. The van der Waals surface area contributed by atoms with Crippen molar-refractivity contribution in [3.63, 3.8) is 0 Å². The van der Waals surface area contributed by atoms with E-state index in [1.165, 1.54) is 0 Å². The maximum Gasteiger partial charge on any atom is 0.321 e. The van der Waals surface area contributed by atoms with Crippen LogP contribution in [0, 0.1) is 12.3 Å². The molecule has 2 amide bonds. The number of ether oxygens (including phenoxy) is 1. The minimum Gasteiger partial charge on any atom is -0.381 e. The number of urea groups is 1. The van der Waals surface area contributed by atoms with Crippen molar-refractivity contribution in [2.75, 3.05) is 31.6 Å². The van der Waals surface area contributed by atoms with Crippen molar-refractivity contribution in [1.29, 1.82) is 0 Å². The second-order valence-corrected chi connectivity index (χ2v) is 6.88. The van der Waals surface area contributed by atoms with Crippen molar-refractivity contribution in [2.24, 2.45) is 5.41 Å². The number of hydrogen-bond donors (Lipinski definition) is 1. The van der Waals surface area contributed by atoms with E-state index in [-0.39, 0.29) is 17.4 Å². The highest BCUT2D eigenvalue weighted by atomic mass is 16.5. The Morgan fingerprint density at radius 1 is 1.28 bits per heavy atom. The molecule has 3 heterocycles. The molecule has 2 aromatic rings. The molecule has 1 aromatic carbocycles. The van der Waals surface area contributed by atoms with Crippen molar-refractivity contribution < 1.29 is 14.1 Å². The van der Waals surface area contributed by atoms with Crippen LogP contribution < -0.4 is 5.32 Å². The molecule has 0 radical (unpaired) electrons.